The number of amides is 1. The molecule has 1 aliphatic carbocycles. The largest absolute Gasteiger partial charge is 0.466 e. The highest BCUT2D eigenvalue weighted by molar-refractivity contribution is 5.89. The molecule has 1 heterocycles. The van der Waals surface area contributed by atoms with Crippen molar-refractivity contribution in [2.24, 2.45) is 0 Å². The number of aromatic nitrogens is 1. The quantitative estimate of drug-likeness (QED) is 0.569. The van der Waals surface area contributed by atoms with E-state index < -0.39 is 11.6 Å². The Labute approximate surface area is 165 Å². The number of esters is 1. The number of methoxy groups -OCH3 is 1. The summed E-state index contributed by atoms with van der Waals surface area (Å²) in [5.74, 6) is -0.416. The Hall–Kier alpha value is -2.89. The van der Waals surface area contributed by atoms with Crippen molar-refractivity contribution in [1.82, 2.24) is 9.88 Å². The molecule has 6 heteroatoms. The minimum absolute atomic E-state index is 0.197. The molecule has 1 amide bonds. The van der Waals surface area contributed by atoms with E-state index in [1.165, 1.54) is 13.2 Å². The van der Waals surface area contributed by atoms with Crippen LogP contribution in [0.3, 0.4) is 0 Å². The lowest BCUT2D eigenvalue weighted by atomic mass is 10.0. The molecule has 3 rings (SSSR count). The van der Waals surface area contributed by atoms with Gasteiger partial charge in [0.25, 0.3) is 0 Å². The Morgan fingerprint density at radius 3 is 2.68 bits per heavy atom. The molecule has 0 saturated heterocycles. The van der Waals surface area contributed by atoms with Gasteiger partial charge in [-0.15, -0.1) is 0 Å². The molecule has 1 aromatic carbocycles. The molecule has 0 spiro atoms. The van der Waals surface area contributed by atoms with Crippen LogP contribution in [0.1, 0.15) is 44.7 Å². The fourth-order valence-corrected chi connectivity index (χ4v) is 2.98. The van der Waals surface area contributed by atoms with Crippen molar-refractivity contribution >= 4 is 29.0 Å². The third-order valence-electron chi connectivity index (χ3n) is 4.38. The lowest BCUT2D eigenvalue weighted by Gasteiger charge is -2.27. The molecule has 0 radical (unpaired) electrons. The summed E-state index contributed by atoms with van der Waals surface area (Å²) in [6, 6.07) is 7.94. The summed E-state index contributed by atoms with van der Waals surface area (Å²) in [6.45, 7) is 6.01. The zero-order valence-electron chi connectivity index (χ0n) is 16.8. The van der Waals surface area contributed by atoms with Gasteiger partial charge in [0.1, 0.15) is 5.60 Å². The maximum absolute atomic E-state index is 12.7. The first-order valence-corrected chi connectivity index (χ1v) is 9.40. The molecular formula is C22H26N2O4. The van der Waals surface area contributed by atoms with E-state index in [0.29, 0.717) is 6.54 Å². The topological polar surface area (TPSA) is 68.7 Å². The van der Waals surface area contributed by atoms with Crippen LogP contribution >= 0.6 is 0 Å². The predicted octanol–water partition coefficient (Wildman–Crippen LogP) is 4.32. The SMILES string of the molecule is COC(=O)/C=C/c1cc(CN(C(=O)OC(C)(C)C)C2CC2)c2ncccc2c1. The smallest absolute Gasteiger partial charge is 0.410 e. The Kier molecular flexibility index (Phi) is 5.68. The van der Waals surface area contributed by atoms with Gasteiger partial charge in [0, 0.05) is 23.7 Å². The van der Waals surface area contributed by atoms with Crippen LogP contribution in [-0.4, -0.2) is 40.7 Å². The Balaban J connectivity index is 1.94. The van der Waals surface area contributed by atoms with Crippen molar-refractivity contribution in [2.75, 3.05) is 7.11 Å². The van der Waals surface area contributed by atoms with Gasteiger partial charge in [-0.3, -0.25) is 4.98 Å². The van der Waals surface area contributed by atoms with Crippen LogP contribution < -0.4 is 0 Å². The van der Waals surface area contributed by atoms with Crippen LogP contribution in [0.5, 0.6) is 0 Å². The summed E-state index contributed by atoms with van der Waals surface area (Å²) in [5.41, 5.74) is 2.06. The molecule has 0 unspecified atom stereocenters. The predicted molar refractivity (Wildman–Crippen MR) is 108 cm³/mol. The molecular weight excluding hydrogens is 356 g/mol. The van der Waals surface area contributed by atoms with E-state index in [1.807, 2.05) is 45.0 Å². The summed E-state index contributed by atoms with van der Waals surface area (Å²) < 4.78 is 10.3. The molecule has 28 heavy (non-hydrogen) atoms. The van der Waals surface area contributed by atoms with Crippen molar-refractivity contribution in [1.29, 1.82) is 0 Å². The maximum Gasteiger partial charge on any atom is 0.410 e. The van der Waals surface area contributed by atoms with Gasteiger partial charge >= 0.3 is 12.1 Å². The van der Waals surface area contributed by atoms with Gasteiger partial charge in [0.2, 0.25) is 0 Å². The van der Waals surface area contributed by atoms with Gasteiger partial charge in [-0.25, -0.2) is 9.59 Å². The van der Waals surface area contributed by atoms with Gasteiger partial charge in [-0.1, -0.05) is 6.07 Å². The zero-order valence-corrected chi connectivity index (χ0v) is 16.8. The second kappa shape index (κ2) is 8.00. The van der Waals surface area contributed by atoms with E-state index in [4.69, 9.17) is 4.74 Å². The minimum atomic E-state index is -0.546. The van der Waals surface area contributed by atoms with E-state index in [1.54, 1.807) is 17.2 Å². The highest BCUT2D eigenvalue weighted by Crippen LogP contribution is 2.31. The lowest BCUT2D eigenvalue weighted by molar-refractivity contribution is -0.134. The molecule has 0 atom stereocenters. The van der Waals surface area contributed by atoms with Crippen LogP contribution in [0.25, 0.3) is 17.0 Å². The number of fused-ring (bicyclic) bond motifs is 1. The number of nitrogens with zero attached hydrogens (tertiary/aromatic N) is 2. The van der Waals surface area contributed by atoms with Gasteiger partial charge in [0.05, 0.1) is 19.2 Å². The first-order valence-electron chi connectivity index (χ1n) is 9.40. The number of hydrogen-bond donors (Lipinski definition) is 0. The number of carbonyl (C=O) groups excluding carboxylic acids is 2. The summed E-state index contributed by atoms with van der Waals surface area (Å²) in [4.78, 5) is 30.5. The van der Waals surface area contributed by atoms with Crippen molar-refractivity contribution in [3.63, 3.8) is 0 Å². The molecule has 6 nitrogen and oxygen atoms in total. The van der Waals surface area contributed by atoms with E-state index in [2.05, 4.69) is 9.72 Å². The Morgan fingerprint density at radius 1 is 1.29 bits per heavy atom. The standard InChI is InChI=1S/C22H26N2O4/c1-22(2,3)28-21(26)24(18-8-9-18)14-17-13-15(7-10-19(25)27-4)12-16-6-5-11-23-20(16)17/h5-7,10-13,18H,8-9,14H2,1-4H3/b10-7+. The molecule has 148 valence electrons. The van der Waals surface area contributed by atoms with E-state index in [0.717, 1.165) is 34.9 Å². The first-order chi connectivity index (χ1) is 13.3. The Bertz CT molecular complexity index is 910. The van der Waals surface area contributed by atoms with Gasteiger partial charge in [0.15, 0.2) is 0 Å². The fraction of sp³-hybridized carbons (Fsp3) is 0.409. The van der Waals surface area contributed by atoms with Crippen LogP contribution in [0.2, 0.25) is 0 Å². The van der Waals surface area contributed by atoms with Crippen LogP contribution in [0.4, 0.5) is 4.79 Å². The Morgan fingerprint density at radius 2 is 2.04 bits per heavy atom. The zero-order chi connectivity index (χ0) is 20.3. The number of benzene rings is 1. The number of hydrogen-bond acceptors (Lipinski definition) is 5. The molecule has 0 aliphatic heterocycles. The van der Waals surface area contributed by atoms with Crippen molar-refractivity contribution in [2.45, 2.75) is 51.8 Å². The number of pyridine rings is 1. The van der Waals surface area contributed by atoms with Crippen LogP contribution in [0.15, 0.2) is 36.5 Å². The van der Waals surface area contributed by atoms with Crippen LogP contribution in [-0.2, 0) is 20.8 Å². The second-order valence-corrected chi connectivity index (χ2v) is 7.95. The van der Waals surface area contributed by atoms with E-state index in [-0.39, 0.29) is 12.1 Å². The normalized spacial score (nSPS) is 14.3. The van der Waals surface area contributed by atoms with Crippen molar-refractivity contribution < 1.29 is 19.1 Å². The molecule has 1 aromatic heterocycles. The fourth-order valence-electron chi connectivity index (χ4n) is 2.98. The van der Waals surface area contributed by atoms with Gasteiger partial charge in [-0.2, -0.15) is 0 Å². The highest BCUT2D eigenvalue weighted by atomic mass is 16.6. The number of ether oxygens (including phenoxy) is 2. The molecule has 1 fully saturated rings. The highest BCUT2D eigenvalue weighted by Gasteiger charge is 2.35. The number of carbonyl (C=O) groups is 2. The molecule has 1 aliphatic rings. The second-order valence-electron chi connectivity index (χ2n) is 7.95. The van der Waals surface area contributed by atoms with E-state index >= 15 is 0 Å². The average molecular weight is 382 g/mol. The summed E-state index contributed by atoms with van der Waals surface area (Å²) in [7, 11) is 1.34. The summed E-state index contributed by atoms with van der Waals surface area (Å²) in [5, 5.41) is 0.949. The lowest BCUT2D eigenvalue weighted by Crippen LogP contribution is -2.37. The average Bonchev–Trinajstić information content (AvgIpc) is 3.47. The van der Waals surface area contributed by atoms with Crippen molar-refractivity contribution in [3.05, 3.63) is 47.7 Å². The summed E-state index contributed by atoms with van der Waals surface area (Å²) >= 11 is 0. The van der Waals surface area contributed by atoms with Crippen molar-refractivity contribution in [3.8, 4) is 0 Å². The molecule has 0 bridgehead atoms. The molecule has 2 aromatic rings. The molecule has 0 N–H and O–H groups in total. The summed E-state index contributed by atoms with van der Waals surface area (Å²) in [6.07, 6.45) is 6.48. The van der Waals surface area contributed by atoms with E-state index in [9.17, 15) is 9.59 Å². The van der Waals surface area contributed by atoms with Gasteiger partial charge in [-0.05, 0) is 69.0 Å². The van der Waals surface area contributed by atoms with Gasteiger partial charge < -0.3 is 14.4 Å². The molecule has 1 saturated carbocycles. The maximum atomic E-state index is 12.7. The monoisotopic (exact) mass is 382 g/mol. The third kappa shape index (κ3) is 5.09. The third-order valence-corrected chi connectivity index (χ3v) is 4.38. The minimum Gasteiger partial charge on any atom is -0.466 e. The first kappa shape index (κ1) is 19.9. The van der Waals surface area contributed by atoms with Crippen LogP contribution in [0, 0.1) is 0 Å². The number of rotatable bonds is 5.